The Labute approximate surface area is 159 Å². The van der Waals surface area contributed by atoms with Gasteiger partial charge >= 0.3 is 16.9 Å². The van der Waals surface area contributed by atoms with Crippen molar-refractivity contribution >= 4 is 29.7 Å². The van der Waals surface area contributed by atoms with Crippen LogP contribution in [0.5, 0.6) is 0 Å². The molecule has 2 aromatic carbocycles. The number of nitro groups is 1. The molecule has 28 heavy (non-hydrogen) atoms. The maximum Gasteiger partial charge on any atom is 0.357 e. The summed E-state index contributed by atoms with van der Waals surface area (Å²) in [6, 6.07) is 15.1. The van der Waals surface area contributed by atoms with Gasteiger partial charge in [-0.15, -0.1) is 0 Å². The SMILES string of the molecule is Cc1ccc(N=Cc2ccc(C=Cc3[nH]c(=O)[nH]c(=O)c3[N+](=O)[O-])cc2)cc1. The largest absolute Gasteiger partial charge is 0.357 e. The number of aliphatic imine (C=N–C) groups is 1. The van der Waals surface area contributed by atoms with Gasteiger partial charge in [0.15, 0.2) is 0 Å². The first-order chi connectivity index (χ1) is 13.4. The van der Waals surface area contributed by atoms with Gasteiger partial charge in [0.05, 0.1) is 10.6 Å². The minimum absolute atomic E-state index is 0.163. The zero-order valence-electron chi connectivity index (χ0n) is 14.9. The molecule has 3 rings (SSSR count). The van der Waals surface area contributed by atoms with Crippen molar-refractivity contribution in [1.29, 1.82) is 0 Å². The van der Waals surface area contributed by atoms with Gasteiger partial charge < -0.3 is 4.98 Å². The average Bonchev–Trinajstić information content (AvgIpc) is 2.66. The lowest BCUT2D eigenvalue weighted by molar-refractivity contribution is -0.386. The van der Waals surface area contributed by atoms with Gasteiger partial charge in [-0.2, -0.15) is 0 Å². The third-order valence-corrected chi connectivity index (χ3v) is 3.90. The molecule has 0 saturated carbocycles. The first-order valence-corrected chi connectivity index (χ1v) is 8.32. The summed E-state index contributed by atoms with van der Waals surface area (Å²) in [4.78, 5) is 41.7. The number of aromatic amines is 2. The maximum atomic E-state index is 11.6. The molecule has 0 aliphatic heterocycles. The van der Waals surface area contributed by atoms with Crippen LogP contribution in [-0.4, -0.2) is 21.1 Å². The zero-order chi connectivity index (χ0) is 20.1. The Kier molecular flexibility index (Phi) is 5.40. The van der Waals surface area contributed by atoms with E-state index < -0.39 is 21.9 Å². The van der Waals surface area contributed by atoms with Crippen LogP contribution in [0.15, 0.2) is 63.1 Å². The normalized spacial score (nSPS) is 11.3. The summed E-state index contributed by atoms with van der Waals surface area (Å²) >= 11 is 0. The Hall–Kier alpha value is -4.07. The number of hydrogen-bond acceptors (Lipinski definition) is 5. The average molecular weight is 376 g/mol. The Balaban J connectivity index is 1.79. The van der Waals surface area contributed by atoms with Crippen molar-refractivity contribution in [3.8, 4) is 0 Å². The molecule has 0 bridgehead atoms. The molecule has 0 aliphatic rings. The smallest absolute Gasteiger partial charge is 0.301 e. The van der Waals surface area contributed by atoms with Crippen LogP contribution in [0.1, 0.15) is 22.4 Å². The lowest BCUT2D eigenvalue weighted by atomic mass is 10.1. The molecule has 140 valence electrons. The van der Waals surface area contributed by atoms with Crippen molar-refractivity contribution < 1.29 is 4.92 Å². The van der Waals surface area contributed by atoms with Crippen LogP contribution in [0.4, 0.5) is 11.4 Å². The van der Waals surface area contributed by atoms with Crippen molar-refractivity contribution in [1.82, 2.24) is 9.97 Å². The Bertz CT molecular complexity index is 1170. The molecule has 0 unspecified atom stereocenters. The standard InChI is InChI=1S/C20H16N4O4/c1-13-2-9-16(10-3-13)21-12-15-6-4-14(5-7-15)8-11-17-18(24(27)28)19(25)23-20(26)22-17/h2-12H,1H3,(H2,22,23,25,26). The van der Waals surface area contributed by atoms with Gasteiger partial charge in [-0.05, 0) is 36.3 Å². The minimum atomic E-state index is -1.05. The summed E-state index contributed by atoms with van der Waals surface area (Å²) in [7, 11) is 0. The highest BCUT2D eigenvalue weighted by Crippen LogP contribution is 2.15. The van der Waals surface area contributed by atoms with Crippen molar-refractivity contribution in [3.05, 3.63) is 102 Å². The van der Waals surface area contributed by atoms with E-state index in [-0.39, 0.29) is 5.69 Å². The first kappa shape index (κ1) is 18.7. The predicted octanol–water partition coefficient (Wildman–Crippen LogP) is 3.20. The lowest BCUT2D eigenvalue weighted by Gasteiger charge is -1.98. The monoisotopic (exact) mass is 376 g/mol. The van der Waals surface area contributed by atoms with Crippen LogP contribution >= 0.6 is 0 Å². The molecule has 0 amide bonds. The second-order valence-electron chi connectivity index (χ2n) is 6.02. The number of aryl methyl sites for hydroxylation is 1. The molecule has 2 N–H and O–H groups in total. The summed E-state index contributed by atoms with van der Waals surface area (Å²) in [5.41, 5.74) is 0.906. The van der Waals surface area contributed by atoms with Gasteiger partial charge in [0, 0.05) is 6.21 Å². The van der Waals surface area contributed by atoms with Crippen molar-refractivity contribution in [2.24, 2.45) is 4.99 Å². The summed E-state index contributed by atoms with van der Waals surface area (Å²) in [6.07, 6.45) is 4.63. The third kappa shape index (κ3) is 4.55. The highest BCUT2D eigenvalue weighted by Gasteiger charge is 2.18. The number of rotatable bonds is 5. The number of aromatic nitrogens is 2. The van der Waals surface area contributed by atoms with Gasteiger partial charge in [0.25, 0.3) is 0 Å². The van der Waals surface area contributed by atoms with Crippen LogP contribution in [0.3, 0.4) is 0 Å². The molecule has 0 saturated heterocycles. The highest BCUT2D eigenvalue weighted by atomic mass is 16.6. The van der Waals surface area contributed by atoms with E-state index in [0.717, 1.165) is 22.4 Å². The highest BCUT2D eigenvalue weighted by molar-refractivity contribution is 5.82. The van der Waals surface area contributed by atoms with Crippen LogP contribution in [0, 0.1) is 17.0 Å². The molecule has 0 radical (unpaired) electrons. The van der Waals surface area contributed by atoms with E-state index in [1.165, 1.54) is 6.08 Å². The summed E-state index contributed by atoms with van der Waals surface area (Å²) in [5, 5.41) is 11.0. The van der Waals surface area contributed by atoms with Crippen LogP contribution < -0.4 is 11.2 Å². The van der Waals surface area contributed by atoms with Gasteiger partial charge in [0.2, 0.25) is 0 Å². The van der Waals surface area contributed by atoms with Crippen molar-refractivity contribution in [3.63, 3.8) is 0 Å². The van der Waals surface area contributed by atoms with Gasteiger partial charge in [-0.25, -0.2) is 4.79 Å². The van der Waals surface area contributed by atoms with E-state index in [1.54, 1.807) is 24.4 Å². The zero-order valence-corrected chi connectivity index (χ0v) is 14.9. The minimum Gasteiger partial charge on any atom is -0.301 e. The molecule has 0 aliphatic carbocycles. The number of hydrogen-bond donors (Lipinski definition) is 2. The molecule has 8 nitrogen and oxygen atoms in total. The fraction of sp³-hybridized carbons (Fsp3) is 0.0500. The van der Waals surface area contributed by atoms with Crippen molar-refractivity contribution in [2.45, 2.75) is 6.92 Å². The van der Waals surface area contributed by atoms with E-state index in [9.17, 15) is 19.7 Å². The fourth-order valence-electron chi connectivity index (χ4n) is 2.45. The lowest BCUT2D eigenvalue weighted by Crippen LogP contribution is -2.25. The Morgan fingerprint density at radius 3 is 2.21 bits per heavy atom. The second kappa shape index (κ2) is 8.09. The Morgan fingerprint density at radius 2 is 1.57 bits per heavy atom. The summed E-state index contributed by atoms with van der Waals surface area (Å²) in [6.45, 7) is 2.01. The molecule has 0 fully saturated rings. The molecule has 1 aromatic heterocycles. The fourth-order valence-corrected chi connectivity index (χ4v) is 2.45. The van der Waals surface area contributed by atoms with Crippen molar-refractivity contribution in [2.75, 3.05) is 0 Å². The summed E-state index contributed by atoms with van der Waals surface area (Å²) < 4.78 is 0. The quantitative estimate of drug-likeness (QED) is 0.403. The maximum absolute atomic E-state index is 11.6. The molecule has 0 atom stereocenters. The number of nitrogens with one attached hydrogen (secondary N) is 2. The molecule has 0 spiro atoms. The molecule has 3 aromatic rings. The first-order valence-electron chi connectivity index (χ1n) is 8.32. The van der Waals surface area contributed by atoms with Crippen LogP contribution in [0.2, 0.25) is 0 Å². The number of nitrogens with zero attached hydrogens (tertiary/aromatic N) is 2. The van der Waals surface area contributed by atoms with E-state index in [0.29, 0.717) is 0 Å². The van der Waals surface area contributed by atoms with Gasteiger partial charge in [-0.1, -0.05) is 48.0 Å². The van der Waals surface area contributed by atoms with Gasteiger partial charge in [0.1, 0.15) is 5.69 Å². The second-order valence-corrected chi connectivity index (χ2v) is 6.02. The molecule has 8 heteroatoms. The Morgan fingerprint density at radius 1 is 0.929 bits per heavy atom. The van der Waals surface area contributed by atoms with Crippen LogP contribution in [0.25, 0.3) is 12.2 Å². The predicted molar refractivity (Wildman–Crippen MR) is 108 cm³/mol. The third-order valence-electron chi connectivity index (χ3n) is 3.90. The molecular weight excluding hydrogens is 360 g/mol. The van der Waals surface area contributed by atoms with E-state index in [1.807, 2.05) is 48.3 Å². The number of benzene rings is 2. The number of H-pyrrole nitrogens is 2. The van der Waals surface area contributed by atoms with E-state index in [2.05, 4.69) is 9.98 Å². The molecular formula is C20H16N4O4. The topological polar surface area (TPSA) is 121 Å². The van der Waals surface area contributed by atoms with E-state index in [4.69, 9.17) is 0 Å². The van der Waals surface area contributed by atoms with E-state index >= 15 is 0 Å². The summed E-state index contributed by atoms with van der Waals surface area (Å²) in [5.74, 6) is 0. The molecule has 1 heterocycles. The van der Waals surface area contributed by atoms with Crippen LogP contribution in [-0.2, 0) is 0 Å². The van der Waals surface area contributed by atoms with Gasteiger partial charge in [-0.3, -0.25) is 24.9 Å².